The third-order valence-electron chi connectivity index (χ3n) is 5.52. The molecule has 0 aromatic rings. The Labute approximate surface area is 141 Å². The van der Waals surface area contributed by atoms with Gasteiger partial charge in [0.25, 0.3) is 0 Å². The lowest BCUT2D eigenvalue weighted by molar-refractivity contribution is -0.00683. The van der Waals surface area contributed by atoms with Crippen molar-refractivity contribution in [2.75, 3.05) is 7.11 Å². The summed E-state index contributed by atoms with van der Waals surface area (Å²) in [5.74, 6) is 2.66. The lowest BCUT2D eigenvalue weighted by atomic mass is 9.89. The van der Waals surface area contributed by atoms with Gasteiger partial charge in [-0.05, 0) is 37.5 Å². The molecule has 3 atom stereocenters. The van der Waals surface area contributed by atoms with E-state index < -0.39 is 0 Å². The molecule has 0 amide bonds. The summed E-state index contributed by atoms with van der Waals surface area (Å²) < 4.78 is 5.64. The van der Waals surface area contributed by atoms with Gasteiger partial charge in [0.05, 0.1) is 5.60 Å². The Morgan fingerprint density at radius 2 is 1.23 bits per heavy atom. The number of ether oxygens (including phenoxy) is 1. The summed E-state index contributed by atoms with van der Waals surface area (Å²) in [6, 6.07) is 0. The molecule has 0 aliphatic heterocycles. The van der Waals surface area contributed by atoms with Crippen LogP contribution in [-0.4, -0.2) is 12.7 Å². The van der Waals surface area contributed by atoms with Crippen LogP contribution in [0.1, 0.15) is 106 Å². The molecule has 0 rings (SSSR count). The average molecular weight is 313 g/mol. The predicted molar refractivity (Wildman–Crippen MR) is 100 cm³/mol. The van der Waals surface area contributed by atoms with Gasteiger partial charge in [-0.2, -0.15) is 0 Å². The third-order valence-corrected chi connectivity index (χ3v) is 5.52. The van der Waals surface area contributed by atoms with Gasteiger partial charge < -0.3 is 4.74 Å². The molecule has 0 aliphatic carbocycles. The standard InChI is InChI=1S/C21H44O/c1-8-21(6,22-7)17-11-16-20(5)15-10-14-19(4)13-9-12-18(2)3/h18-20H,8-17H2,1-7H3. The fourth-order valence-corrected chi connectivity index (χ4v) is 3.23. The zero-order valence-corrected chi connectivity index (χ0v) is 16.7. The Morgan fingerprint density at radius 3 is 1.64 bits per heavy atom. The molecule has 22 heavy (non-hydrogen) atoms. The minimum Gasteiger partial charge on any atom is -0.379 e. The smallest absolute Gasteiger partial charge is 0.0648 e. The van der Waals surface area contributed by atoms with Crippen LogP contribution in [0.3, 0.4) is 0 Å². The van der Waals surface area contributed by atoms with Crippen molar-refractivity contribution in [1.29, 1.82) is 0 Å². The quantitative estimate of drug-likeness (QED) is 0.328. The van der Waals surface area contributed by atoms with Crippen LogP contribution in [0.5, 0.6) is 0 Å². The molecule has 134 valence electrons. The van der Waals surface area contributed by atoms with Crippen LogP contribution in [0.25, 0.3) is 0 Å². The van der Waals surface area contributed by atoms with Gasteiger partial charge in [-0.3, -0.25) is 0 Å². The highest BCUT2D eigenvalue weighted by molar-refractivity contribution is 4.73. The van der Waals surface area contributed by atoms with Gasteiger partial charge in [0.2, 0.25) is 0 Å². The van der Waals surface area contributed by atoms with E-state index in [0.29, 0.717) is 0 Å². The molecule has 1 heteroatoms. The zero-order valence-electron chi connectivity index (χ0n) is 16.7. The van der Waals surface area contributed by atoms with Gasteiger partial charge in [0, 0.05) is 7.11 Å². The van der Waals surface area contributed by atoms with Crippen molar-refractivity contribution < 1.29 is 4.74 Å². The van der Waals surface area contributed by atoms with Crippen molar-refractivity contribution in [3.63, 3.8) is 0 Å². The highest BCUT2D eigenvalue weighted by Gasteiger charge is 2.20. The van der Waals surface area contributed by atoms with Crippen molar-refractivity contribution in [3.8, 4) is 0 Å². The van der Waals surface area contributed by atoms with Crippen molar-refractivity contribution >= 4 is 0 Å². The SMILES string of the molecule is CCC(C)(CCCC(C)CCCC(C)CCCC(C)C)OC. The van der Waals surface area contributed by atoms with E-state index in [1.807, 2.05) is 7.11 Å². The normalized spacial score (nSPS) is 17.5. The van der Waals surface area contributed by atoms with E-state index in [9.17, 15) is 0 Å². The Balaban J connectivity index is 3.62. The highest BCUT2D eigenvalue weighted by Crippen LogP contribution is 2.25. The summed E-state index contributed by atoms with van der Waals surface area (Å²) in [6.45, 7) is 14.0. The molecule has 1 nitrogen and oxygen atoms in total. The molecule has 0 heterocycles. The second kappa shape index (κ2) is 12.4. The zero-order chi connectivity index (χ0) is 17.0. The van der Waals surface area contributed by atoms with Gasteiger partial charge >= 0.3 is 0 Å². The van der Waals surface area contributed by atoms with Crippen LogP contribution >= 0.6 is 0 Å². The molecule has 3 unspecified atom stereocenters. The summed E-state index contributed by atoms with van der Waals surface area (Å²) in [6.07, 6.45) is 13.5. The van der Waals surface area contributed by atoms with E-state index in [1.54, 1.807) is 0 Å². The topological polar surface area (TPSA) is 9.23 Å². The van der Waals surface area contributed by atoms with Crippen LogP contribution in [0, 0.1) is 17.8 Å². The molecule has 0 saturated carbocycles. The predicted octanol–water partition coefficient (Wildman–Crippen LogP) is 7.24. The van der Waals surface area contributed by atoms with Gasteiger partial charge in [0.15, 0.2) is 0 Å². The van der Waals surface area contributed by atoms with E-state index in [1.165, 1.54) is 57.8 Å². The maximum atomic E-state index is 5.64. The first-order chi connectivity index (χ1) is 10.3. The lowest BCUT2D eigenvalue weighted by Gasteiger charge is -2.27. The van der Waals surface area contributed by atoms with Gasteiger partial charge in [-0.15, -0.1) is 0 Å². The summed E-state index contributed by atoms with van der Waals surface area (Å²) in [5.41, 5.74) is 0.102. The van der Waals surface area contributed by atoms with E-state index in [4.69, 9.17) is 4.74 Å². The molecule has 0 spiro atoms. The lowest BCUT2D eigenvalue weighted by Crippen LogP contribution is -2.26. The summed E-state index contributed by atoms with van der Waals surface area (Å²) in [5, 5.41) is 0. The number of hydrogen-bond donors (Lipinski definition) is 0. The maximum absolute atomic E-state index is 5.64. The molecule has 0 N–H and O–H groups in total. The van der Waals surface area contributed by atoms with Gasteiger partial charge in [0.1, 0.15) is 0 Å². The second-order valence-electron chi connectivity index (χ2n) is 8.37. The molecule has 0 aromatic carbocycles. The van der Waals surface area contributed by atoms with Gasteiger partial charge in [-0.25, -0.2) is 0 Å². The molecular formula is C21H44O. The van der Waals surface area contributed by atoms with Crippen LogP contribution < -0.4 is 0 Å². The number of methoxy groups -OCH3 is 1. The number of hydrogen-bond acceptors (Lipinski definition) is 1. The first kappa shape index (κ1) is 22.0. The molecule has 0 saturated heterocycles. The fourth-order valence-electron chi connectivity index (χ4n) is 3.23. The number of rotatable bonds is 14. The minimum absolute atomic E-state index is 0.102. The Hall–Kier alpha value is -0.0400. The van der Waals surface area contributed by atoms with Gasteiger partial charge in [-0.1, -0.05) is 86.0 Å². The highest BCUT2D eigenvalue weighted by atomic mass is 16.5. The van der Waals surface area contributed by atoms with Crippen molar-refractivity contribution in [2.45, 2.75) is 111 Å². The van der Waals surface area contributed by atoms with Crippen LogP contribution in [0.2, 0.25) is 0 Å². The van der Waals surface area contributed by atoms with E-state index in [2.05, 4.69) is 41.5 Å². The van der Waals surface area contributed by atoms with Crippen molar-refractivity contribution in [1.82, 2.24) is 0 Å². The first-order valence-electron chi connectivity index (χ1n) is 9.88. The van der Waals surface area contributed by atoms with Crippen LogP contribution in [0.15, 0.2) is 0 Å². The van der Waals surface area contributed by atoms with Crippen molar-refractivity contribution in [2.24, 2.45) is 17.8 Å². The largest absolute Gasteiger partial charge is 0.379 e. The van der Waals surface area contributed by atoms with Crippen molar-refractivity contribution in [3.05, 3.63) is 0 Å². The van der Waals surface area contributed by atoms with E-state index in [-0.39, 0.29) is 5.60 Å². The summed E-state index contributed by atoms with van der Waals surface area (Å²) in [4.78, 5) is 0. The molecule has 0 aliphatic rings. The minimum atomic E-state index is 0.102. The monoisotopic (exact) mass is 312 g/mol. The first-order valence-corrected chi connectivity index (χ1v) is 9.88. The summed E-state index contributed by atoms with van der Waals surface area (Å²) in [7, 11) is 1.85. The molecule has 0 radical (unpaired) electrons. The Kier molecular flexibility index (Phi) is 12.4. The second-order valence-corrected chi connectivity index (χ2v) is 8.37. The van der Waals surface area contributed by atoms with E-state index >= 15 is 0 Å². The summed E-state index contributed by atoms with van der Waals surface area (Å²) >= 11 is 0. The fraction of sp³-hybridized carbons (Fsp3) is 1.00. The molecular weight excluding hydrogens is 268 g/mol. The van der Waals surface area contributed by atoms with E-state index in [0.717, 1.165) is 24.2 Å². The molecule has 0 fully saturated rings. The average Bonchev–Trinajstić information content (AvgIpc) is 2.46. The Bertz CT molecular complexity index is 242. The Morgan fingerprint density at radius 1 is 0.773 bits per heavy atom. The third kappa shape index (κ3) is 11.5. The van der Waals surface area contributed by atoms with Crippen LogP contribution in [0.4, 0.5) is 0 Å². The van der Waals surface area contributed by atoms with Crippen LogP contribution in [-0.2, 0) is 4.74 Å². The molecule has 0 bridgehead atoms. The molecule has 0 aromatic heterocycles. The maximum Gasteiger partial charge on any atom is 0.0648 e.